The molecule has 0 saturated heterocycles. The van der Waals surface area contributed by atoms with E-state index in [-0.39, 0.29) is 7.41 Å². The summed E-state index contributed by atoms with van der Waals surface area (Å²) in [5, 5.41) is 0. The molecule has 0 fully saturated rings. The minimum absolute atomic E-state index is 0.0531. The minimum atomic E-state index is -3.34. The van der Waals surface area contributed by atoms with Crippen LogP contribution in [0, 0.1) is 0 Å². The van der Waals surface area contributed by atoms with E-state index < -0.39 is 21.2 Å². The smallest absolute Gasteiger partial charge is 0.321 e. The van der Waals surface area contributed by atoms with Crippen LogP contribution in [0.15, 0.2) is 0 Å². The molecule has 0 unspecified atom stereocenters. The first-order valence-electron chi connectivity index (χ1n) is 2.29. The van der Waals surface area contributed by atoms with Gasteiger partial charge in [0.15, 0.2) is 5.75 Å². The molecule has 0 radical (unpaired) electrons. The summed E-state index contributed by atoms with van der Waals surface area (Å²) in [6.07, 6.45) is 3.12. The van der Waals surface area contributed by atoms with Crippen LogP contribution in [0.4, 0.5) is 0 Å². The van der Waals surface area contributed by atoms with Crippen molar-refractivity contribution in [1.29, 1.82) is 0 Å². The number of methoxy groups -OCH3 is 1. The van der Waals surface area contributed by atoms with E-state index in [0.717, 1.165) is 7.11 Å². The van der Waals surface area contributed by atoms with Crippen molar-refractivity contribution in [3.8, 4) is 0 Å². The highest BCUT2D eigenvalue weighted by atomic mass is 32.7. The molecule has 6 heteroatoms. The van der Waals surface area contributed by atoms with E-state index in [1.54, 1.807) is 0 Å². The molecule has 0 rings (SSSR count). The van der Waals surface area contributed by atoms with Crippen molar-refractivity contribution in [2.45, 2.75) is 0 Å². The SMILES string of the molecule is C=PS(=O)(=O)CC(=O)OC. The van der Waals surface area contributed by atoms with Gasteiger partial charge in [0.1, 0.15) is 0 Å². The van der Waals surface area contributed by atoms with Gasteiger partial charge in [-0.2, -0.15) is 0 Å². The normalized spacial score (nSPS) is 11.3. The molecule has 0 atom stereocenters. The van der Waals surface area contributed by atoms with Crippen LogP contribution in [-0.4, -0.2) is 33.5 Å². The van der Waals surface area contributed by atoms with Gasteiger partial charge in [0, 0.05) is 7.41 Å². The van der Waals surface area contributed by atoms with Gasteiger partial charge in [-0.1, -0.05) is 6.30 Å². The van der Waals surface area contributed by atoms with Crippen molar-refractivity contribution < 1.29 is 17.9 Å². The molecular formula is C4H7O4PS. The lowest BCUT2D eigenvalue weighted by atomic mass is 10.8. The fourth-order valence-corrected chi connectivity index (χ4v) is 1.35. The molecule has 0 saturated carbocycles. The van der Waals surface area contributed by atoms with Crippen molar-refractivity contribution in [3.63, 3.8) is 0 Å². The summed E-state index contributed by atoms with van der Waals surface area (Å²) in [6.45, 7) is 0. The lowest BCUT2D eigenvalue weighted by molar-refractivity contribution is -0.137. The Morgan fingerprint density at radius 2 is 2.20 bits per heavy atom. The highest BCUT2D eigenvalue weighted by Crippen LogP contribution is 2.06. The second kappa shape index (κ2) is 3.68. The zero-order valence-corrected chi connectivity index (χ0v) is 7.11. The standard InChI is InChI=1S/C4H7O4PS/c1-8-4(5)3-10(6,7)9-2/h2-3H2,1H3. The van der Waals surface area contributed by atoms with Gasteiger partial charge in [0.05, 0.1) is 7.11 Å². The molecule has 0 aromatic carbocycles. The van der Waals surface area contributed by atoms with E-state index >= 15 is 0 Å². The summed E-state index contributed by atoms with van der Waals surface area (Å²) >= 11 is 0. The van der Waals surface area contributed by atoms with Crippen LogP contribution in [0.1, 0.15) is 0 Å². The fourth-order valence-electron chi connectivity index (χ4n) is 0.253. The molecule has 0 amide bonds. The molecule has 0 aliphatic rings. The number of rotatable bonds is 3. The van der Waals surface area contributed by atoms with E-state index in [2.05, 4.69) is 11.0 Å². The van der Waals surface area contributed by atoms with Crippen LogP contribution in [-0.2, 0) is 19.0 Å². The number of esters is 1. The van der Waals surface area contributed by atoms with Crippen molar-refractivity contribution in [2.75, 3.05) is 12.9 Å². The van der Waals surface area contributed by atoms with Gasteiger partial charge < -0.3 is 4.74 Å². The molecule has 0 aliphatic carbocycles. The second-order valence-electron chi connectivity index (χ2n) is 1.43. The number of hydrogen-bond donors (Lipinski definition) is 0. The van der Waals surface area contributed by atoms with Gasteiger partial charge in [0.2, 0.25) is 9.46 Å². The lowest BCUT2D eigenvalue weighted by Crippen LogP contribution is -2.12. The first-order valence-corrected chi connectivity index (χ1v) is 5.63. The highest BCUT2D eigenvalue weighted by Gasteiger charge is 2.12. The van der Waals surface area contributed by atoms with Crippen LogP contribution >= 0.6 is 7.41 Å². The zero-order chi connectivity index (χ0) is 8.20. The fraction of sp³-hybridized carbons (Fsp3) is 0.500. The summed E-state index contributed by atoms with van der Waals surface area (Å²) < 4.78 is 25.3. The van der Waals surface area contributed by atoms with Crippen molar-refractivity contribution in [2.24, 2.45) is 0 Å². The number of carbonyl (C=O) groups is 1. The molecule has 58 valence electrons. The molecule has 0 aromatic heterocycles. The monoisotopic (exact) mass is 182 g/mol. The number of hydrogen-bond acceptors (Lipinski definition) is 4. The molecule has 10 heavy (non-hydrogen) atoms. The Labute approximate surface area is 60.7 Å². The summed E-state index contributed by atoms with van der Waals surface area (Å²) in [7, 11) is -2.26. The Morgan fingerprint density at radius 1 is 1.70 bits per heavy atom. The van der Waals surface area contributed by atoms with Gasteiger partial charge in [0.25, 0.3) is 0 Å². The second-order valence-corrected chi connectivity index (χ2v) is 5.59. The van der Waals surface area contributed by atoms with E-state index in [4.69, 9.17) is 0 Å². The van der Waals surface area contributed by atoms with Crippen LogP contribution in [0.3, 0.4) is 0 Å². The van der Waals surface area contributed by atoms with Crippen LogP contribution in [0.25, 0.3) is 0 Å². The lowest BCUT2D eigenvalue weighted by Gasteiger charge is -1.94. The maximum atomic E-state index is 10.6. The molecule has 0 bridgehead atoms. The van der Waals surface area contributed by atoms with Gasteiger partial charge in [-0.05, 0) is 0 Å². The molecule has 0 aliphatic heterocycles. The summed E-state index contributed by atoms with van der Waals surface area (Å²) in [5.41, 5.74) is 0. The maximum absolute atomic E-state index is 10.6. The predicted molar refractivity (Wildman–Crippen MR) is 39.8 cm³/mol. The van der Waals surface area contributed by atoms with E-state index in [9.17, 15) is 13.2 Å². The Balaban J connectivity index is 4.17. The van der Waals surface area contributed by atoms with Crippen LogP contribution < -0.4 is 0 Å². The van der Waals surface area contributed by atoms with Gasteiger partial charge >= 0.3 is 5.97 Å². The van der Waals surface area contributed by atoms with Crippen LogP contribution in [0.5, 0.6) is 0 Å². The number of carbonyl (C=O) groups excluding carboxylic acids is 1. The molecule has 4 nitrogen and oxygen atoms in total. The molecule has 0 aromatic rings. The quantitative estimate of drug-likeness (QED) is 0.450. The third-order valence-corrected chi connectivity index (χ3v) is 3.29. The zero-order valence-electron chi connectivity index (χ0n) is 5.40. The molecular weight excluding hydrogens is 175 g/mol. The summed E-state index contributed by atoms with van der Waals surface area (Å²) in [4.78, 5) is 10.4. The summed E-state index contributed by atoms with van der Waals surface area (Å²) in [6, 6.07) is 0. The van der Waals surface area contributed by atoms with Gasteiger partial charge in [-0.25, -0.2) is 8.42 Å². The topological polar surface area (TPSA) is 60.4 Å². The Hall–Kier alpha value is -0.410. The van der Waals surface area contributed by atoms with E-state index in [1.807, 2.05) is 0 Å². The predicted octanol–water partition coefficient (Wildman–Crippen LogP) is -0.133. The average molecular weight is 182 g/mol. The van der Waals surface area contributed by atoms with Crippen LogP contribution in [0.2, 0.25) is 0 Å². The Morgan fingerprint density at radius 3 is 2.50 bits per heavy atom. The van der Waals surface area contributed by atoms with Gasteiger partial charge in [-0.3, -0.25) is 4.79 Å². The number of ether oxygens (including phenoxy) is 1. The van der Waals surface area contributed by atoms with Crippen molar-refractivity contribution >= 4 is 29.1 Å². The largest absolute Gasteiger partial charge is 0.468 e. The summed E-state index contributed by atoms with van der Waals surface area (Å²) in [5.74, 6) is -1.34. The Kier molecular flexibility index (Phi) is 3.53. The Bertz CT molecular complexity index is 230. The van der Waals surface area contributed by atoms with Crippen molar-refractivity contribution in [1.82, 2.24) is 0 Å². The minimum Gasteiger partial charge on any atom is -0.468 e. The average Bonchev–Trinajstić information content (AvgIpc) is 1.87. The molecule has 0 heterocycles. The van der Waals surface area contributed by atoms with Crippen molar-refractivity contribution in [3.05, 3.63) is 0 Å². The highest BCUT2D eigenvalue weighted by molar-refractivity contribution is 8.42. The molecule has 0 N–H and O–H groups in total. The first kappa shape index (κ1) is 9.59. The van der Waals surface area contributed by atoms with Gasteiger partial charge in [-0.15, -0.1) is 0 Å². The maximum Gasteiger partial charge on any atom is 0.321 e. The first-order chi connectivity index (χ1) is 4.52. The molecule has 0 spiro atoms. The third kappa shape index (κ3) is 3.58. The van der Waals surface area contributed by atoms with E-state index in [1.165, 1.54) is 0 Å². The van der Waals surface area contributed by atoms with E-state index in [0.29, 0.717) is 0 Å². The third-order valence-electron chi connectivity index (χ3n) is 0.725.